The van der Waals surface area contributed by atoms with Crippen molar-refractivity contribution in [3.05, 3.63) is 59.6 Å². The zero-order valence-electron chi connectivity index (χ0n) is 14.3. The van der Waals surface area contributed by atoms with Crippen LogP contribution in [0.1, 0.15) is 5.56 Å². The second-order valence-electron chi connectivity index (χ2n) is 5.27. The van der Waals surface area contributed by atoms with Gasteiger partial charge in [-0.3, -0.25) is 4.31 Å². The molecule has 25 heavy (non-hydrogen) atoms. The molecule has 0 aliphatic heterocycles. The lowest BCUT2D eigenvalue weighted by molar-refractivity contribution is 0.354. The summed E-state index contributed by atoms with van der Waals surface area (Å²) in [5.74, 6) is 0.800. The standard InChI is InChI=1S/C18H20ClNO4S/c1-5-10-20(16-8-6-14(19)11-13(16)2)25(21,22)15-7-9-17(23-3)18(12-15)24-4/h5-9,11-12H,1,10H2,2-4H3. The summed E-state index contributed by atoms with van der Waals surface area (Å²) in [6.07, 6.45) is 1.53. The quantitative estimate of drug-likeness (QED) is 0.679. The van der Waals surface area contributed by atoms with Crippen LogP contribution >= 0.6 is 11.6 Å². The molecule has 134 valence electrons. The summed E-state index contributed by atoms with van der Waals surface area (Å²) in [5, 5.41) is 0.545. The smallest absolute Gasteiger partial charge is 0.264 e. The highest BCUT2D eigenvalue weighted by molar-refractivity contribution is 7.92. The van der Waals surface area contributed by atoms with Crippen LogP contribution in [0.3, 0.4) is 0 Å². The zero-order chi connectivity index (χ0) is 18.6. The van der Waals surface area contributed by atoms with E-state index in [4.69, 9.17) is 21.1 Å². The Labute approximate surface area is 153 Å². The van der Waals surface area contributed by atoms with Gasteiger partial charge in [0.1, 0.15) is 0 Å². The van der Waals surface area contributed by atoms with Crippen molar-refractivity contribution in [1.29, 1.82) is 0 Å². The predicted molar refractivity (Wildman–Crippen MR) is 100 cm³/mol. The Morgan fingerprint density at radius 3 is 2.36 bits per heavy atom. The summed E-state index contributed by atoms with van der Waals surface area (Å²) < 4.78 is 38.0. The lowest BCUT2D eigenvalue weighted by atomic mass is 10.2. The fourth-order valence-corrected chi connectivity index (χ4v) is 4.19. The minimum atomic E-state index is -3.83. The van der Waals surface area contributed by atoms with E-state index in [1.54, 1.807) is 31.2 Å². The van der Waals surface area contributed by atoms with Crippen LogP contribution in [0.2, 0.25) is 5.02 Å². The number of aryl methyl sites for hydroxylation is 1. The molecule has 0 N–H and O–H groups in total. The molecule has 0 heterocycles. The number of methoxy groups -OCH3 is 2. The van der Waals surface area contributed by atoms with Crippen LogP contribution in [-0.2, 0) is 10.0 Å². The van der Waals surface area contributed by atoms with E-state index >= 15 is 0 Å². The average Bonchev–Trinajstić information content (AvgIpc) is 2.59. The molecule has 0 aliphatic carbocycles. The Bertz CT molecular complexity index is 881. The minimum absolute atomic E-state index is 0.0985. The number of anilines is 1. The van der Waals surface area contributed by atoms with Gasteiger partial charge in [-0.25, -0.2) is 8.42 Å². The molecular formula is C18H20ClNO4S. The van der Waals surface area contributed by atoms with E-state index in [0.717, 1.165) is 5.56 Å². The fraction of sp³-hybridized carbons (Fsp3) is 0.222. The topological polar surface area (TPSA) is 55.8 Å². The molecule has 2 rings (SSSR count). The van der Waals surface area contributed by atoms with Gasteiger partial charge in [0.2, 0.25) is 0 Å². The molecule has 5 nitrogen and oxygen atoms in total. The molecule has 2 aromatic rings. The number of hydrogen-bond acceptors (Lipinski definition) is 4. The summed E-state index contributed by atoms with van der Waals surface area (Å²) >= 11 is 5.98. The van der Waals surface area contributed by atoms with Crippen LogP contribution in [0.4, 0.5) is 5.69 Å². The van der Waals surface area contributed by atoms with Gasteiger partial charge in [-0.15, -0.1) is 6.58 Å². The first-order chi connectivity index (χ1) is 11.8. The number of hydrogen-bond donors (Lipinski definition) is 0. The molecule has 0 amide bonds. The second-order valence-corrected chi connectivity index (χ2v) is 7.57. The Hall–Kier alpha value is -2.18. The zero-order valence-corrected chi connectivity index (χ0v) is 15.9. The van der Waals surface area contributed by atoms with E-state index in [0.29, 0.717) is 22.2 Å². The van der Waals surface area contributed by atoms with E-state index in [-0.39, 0.29) is 11.4 Å². The lowest BCUT2D eigenvalue weighted by Gasteiger charge is -2.25. The maximum absolute atomic E-state index is 13.2. The van der Waals surface area contributed by atoms with Gasteiger partial charge in [-0.05, 0) is 42.8 Å². The van der Waals surface area contributed by atoms with E-state index in [1.807, 2.05) is 0 Å². The third-order valence-corrected chi connectivity index (χ3v) is 5.68. The van der Waals surface area contributed by atoms with Crippen molar-refractivity contribution < 1.29 is 17.9 Å². The number of rotatable bonds is 7. The molecule has 0 unspecified atom stereocenters. The van der Waals surface area contributed by atoms with Crippen molar-refractivity contribution in [2.75, 3.05) is 25.1 Å². The number of nitrogens with zero attached hydrogens (tertiary/aromatic N) is 1. The molecule has 0 fully saturated rings. The minimum Gasteiger partial charge on any atom is -0.493 e. The summed E-state index contributed by atoms with van der Waals surface area (Å²) in [4.78, 5) is 0.0985. The summed E-state index contributed by atoms with van der Waals surface area (Å²) in [6.45, 7) is 5.60. The van der Waals surface area contributed by atoms with Crippen LogP contribution in [0.15, 0.2) is 53.9 Å². The molecule has 0 radical (unpaired) electrons. The molecule has 0 aliphatic rings. The second kappa shape index (κ2) is 7.80. The van der Waals surface area contributed by atoms with Crippen molar-refractivity contribution in [3.8, 4) is 11.5 Å². The molecule has 0 bridgehead atoms. The Morgan fingerprint density at radius 2 is 1.80 bits per heavy atom. The highest BCUT2D eigenvalue weighted by Gasteiger charge is 2.26. The van der Waals surface area contributed by atoms with Crippen LogP contribution < -0.4 is 13.8 Å². The van der Waals surface area contributed by atoms with Gasteiger partial charge < -0.3 is 9.47 Å². The van der Waals surface area contributed by atoms with E-state index in [1.165, 1.54) is 36.7 Å². The molecule has 0 atom stereocenters. The number of benzene rings is 2. The Balaban J connectivity index is 2.58. The monoisotopic (exact) mass is 381 g/mol. The number of halogens is 1. The van der Waals surface area contributed by atoms with Crippen molar-refractivity contribution in [2.24, 2.45) is 0 Å². The van der Waals surface area contributed by atoms with Crippen molar-refractivity contribution >= 4 is 27.3 Å². The van der Waals surface area contributed by atoms with Crippen molar-refractivity contribution in [2.45, 2.75) is 11.8 Å². The first kappa shape index (κ1) is 19.1. The van der Waals surface area contributed by atoms with Gasteiger partial charge in [0.05, 0.1) is 31.3 Å². The molecule has 0 spiro atoms. The van der Waals surface area contributed by atoms with Crippen LogP contribution in [0.25, 0.3) is 0 Å². The van der Waals surface area contributed by atoms with Gasteiger partial charge >= 0.3 is 0 Å². The summed E-state index contributed by atoms with van der Waals surface area (Å²) in [7, 11) is -0.875. The van der Waals surface area contributed by atoms with Gasteiger partial charge in [0, 0.05) is 11.1 Å². The molecular weight excluding hydrogens is 362 g/mol. The molecule has 2 aromatic carbocycles. The molecule has 0 aromatic heterocycles. The van der Waals surface area contributed by atoms with Crippen molar-refractivity contribution in [1.82, 2.24) is 0 Å². The Kier molecular flexibility index (Phi) is 5.98. The van der Waals surface area contributed by atoms with E-state index < -0.39 is 10.0 Å². The van der Waals surface area contributed by atoms with Crippen molar-refractivity contribution in [3.63, 3.8) is 0 Å². The van der Waals surface area contributed by atoms with Crippen LogP contribution in [-0.4, -0.2) is 29.2 Å². The fourth-order valence-electron chi connectivity index (χ4n) is 2.45. The van der Waals surface area contributed by atoms with Gasteiger partial charge in [-0.1, -0.05) is 17.7 Å². The molecule has 0 saturated heterocycles. The summed E-state index contributed by atoms with van der Waals surface area (Å²) in [5.41, 5.74) is 1.29. The highest BCUT2D eigenvalue weighted by atomic mass is 35.5. The molecule has 0 saturated carbocycles. The maximum atomic E-state index is 13.2. The highest BCUT2D eigenvalue weighted by Crippen LogP contribution is 2.33. The Morgan fingerprint density at radius 1 is 1.12 bits per heavy atom. The summed E-state index contributed by atoms with van der Waals surface area (Å²) in [6, 6.07) is 9.54. The predicted octanol–water partition coefficient (Wildman–Crippen LogP) is 4.05. The van der Waals surface area contributed by atoms with E-state index in [2.05, 4.69) is 6.58 Å². The molecule has 7 heteroatoms. The first-order valence-corrected chi connectivity index (χ1v) is 9.28. The number of ether oxygens (including phenoxy) is 2. The van der Waals surface area contributed by atoms with Gasteiger partial charge in [0.25, 0.3) is 10.0 Å². The lowest BCUT2D eigenvalue weighted by Crippen LogP contribution is -2.31. The maximum Gasteiger partial charge on any atom is 0.264 e. The largest absolute Gasteiger partial charge is 0.493 e. The van der Waals surface area contributed by atoms with E-state index in [9.17, 15) is 8.42 Å². The normalized spacial score (nSPS) is 11.0. The SMILES string of the molecule is C=CCN(c1ccc(Cl)cc1C)S(=O)(=O)c1ccc(OC)c(OC)c1. The van der Waals surface area contributed by atoms with Gasteiger partial charge in [-0.2, -0.15) is 0 Å². The van der Waals surface area contributed by atoms with Crippen LogP contribution in [0.5, 0.6) is 11.5 Å². The average molecular weight is 382 g/mol. The number of sulfonamides is 1. The van der Waals surface area contributed by atoms with Crippen LogP contribution in [0, 0.1) is 6.92 Å². The third kappa shape index (κ3) is 3.91. The third-order valence-electron chi connectivity index (χ3n) is 3.67. The van der Waals surface area contributed by atoms with Gasteiger partial charge in [0.15, 0.2) is 11.5 Å². The first-order valence-electron chi connectivity index (χ1n) is 7.47.